The molecule has 0 amide bonds. The highest BCUT2D eigenvalue weighted by Gasteiger charge is 2.30. The Hall–Kier alpha value is -1.69. The van der Waals surface area contributed by atoms with E-state index in [9.17, 15) is 13.2 Å². The van der Waals surface area contributed by atoms with Gasteiger partial charge in [-0.2, -0.15) is 13.2 Å². The molecule has 7 heteroatoms. The van der Waals surface area contributed by atoms with E-state index in [0.717, 1.165) is 44.5 Å². The number of aryl methyl sites for hydroxylation is 2. The first-order valence-electron chi connectivity index (χ1n) is 7.84. The molecule has 0 bridgehead atoms. The minimum Gasteiger partial charge on any atom is -1.00 e. The summed E-state index contributed by atoms with van der Waals surface area (Å²) in [4.78, 5) is 0. The van der Waals surface area contributed by atoms with Gasteiger partial charge >= 0.3 is 6.18 Å². The first kappa shape index (κ1) is 20.4. The van der Waals surface area contributed by atoms with E-state index in [1.807, 2.05) is 18.7 Å². The molecule has 134 valence electrons. The summed E-state index contributed by atoms with van der Waals surface area (Å²) in [5.74, 6) is 0.255. The lowest BCUT2D eigenvalue weighted by Gasteiger charge is -2.09. The molecular weight excluding hydrogens is 341 g/mol. The van der Waals surface area contributed by atoms with E-state index in [1.165, 1.54) is 6.07 Å². The zero-order chi connectivity index (χ0) is 16.7. The average Bonchev–Trinajstić information content (AvgIpc) is 2.97. The fourth-order valence-electron chi connectivity index (χ4n) is 2.24. The molecule has 1 heterocycles. The zero-order valence-electron chi connectivity index (χ0n) is 13.6. The van der Waals surface area contributed by atoms with Crippen LogP contribution in [0.3, 0.4) is 0 Å². The number of hydrogen-bond acceptors (Lipinski definition) is 1. The molecular formula is C17H22ClF3N2O. The van der Waals surface area contributed by atoms with Crippen LogP contribution in [0.2, 0.25) is 0 Å². The lowest BCUT2D eigenvalue weighted by Crippen LogP contribution is -3.00. The molecule has 0 aliphatic carbocycles. The molecule has 24 heavy (non-hydrogen) atoms. The van der Waals surface area contributed by atoms with Crippen LogP contribution in [0.1, 0.15) is 31.7 Å². The van der Waals surface area contributed by atoms with E-state index in [-0.39, 0.29) is 18.2 Å². The van der Waals surface area contributed by atoms with Gasteiger partial charge in [-0.25, -0.2) is 9.13 Å². The Balaban J connectivity index is 0.00000288. The zero-order valence-corrected chi connectivity index (χ0v) is 14.4. The second-order valence-corrected chi connectivity index (χ2v) is 5.47. The van der Waals surface area contributed by atoms with Gasteiger partial charge in [-0.3, -0.25) is 0 Å². The van der Waals surface area contributed by atoms with Crippen molar-refractivity contribution in [3.63, 3.8) is 0 Å². The third-order valence-electron chi connectivity index (χ3n) is 3.51. The summed E-state index contributed by atoms with van der Waals surface area (Å²) in [7, 11) is 0. The van der Waals surface area contributed by atoms with Crippen molar-refractivity contribution in [2.24, 2.45) is 0 Å². The Morgan fingerprint density at radius 2 is 2.00 bits per heavy atom. The summed E-state index contributed by atoms with van der Waals surface area (Å²) in [5, 5.41) is 0. The van der Waals surface area contributed by atoms with Gasteiger partial charge < -0.3 is 17.1 Å². The van der Waals surface area contributed by atoms with Crippen LogP contribution in [0.4, 0.5) is 13.2 Å². The first-order valence-corrected chi connectivity index (χ1v) is 7.84. The maximum atomic E-state index is 12.6. The number of nitrogens with zero attached hydrogens (tertiary/aromatic N) is 2. The number of imidazole rings is 1. The van der Waals surface area contributed by atoms with Gasteiger partial charge in [0.05, 0.1) is 25.3 Å². The highest BCUT2D eigenvalue weighted by atomic mass is 35.5. The number of aromatic nitrogens is 2. The second kappa shape index (κ2) is 9.57. The number of unbranched alkanes of at least 4 members (excludes halogenated alkanes) is 1. The molecule has 1 aromatic carbocycles. The van der Waals surface area contributed by atoms with Gasteiger partial charge in [0.1, 0.15) is 18.1 Å². The SMILES string of the molecule is CCCCn1cc[n+](CCCOc2cccc(C(F)(F)F)c2)c1.[Cl-]. The number of halogens is 4. The number of hydrogen-bond donors (Lipinski definition) is 0. The van der Waals surface area contributed by atoms with Crippen LogP contribution in [0, 0.1) is 0 Å². The lowest BCUT2D eigenvalue weighted by atomic mass is 10.2. The van der Waals surface area contributed by atoms with E-state index in [2.05, 4.69) is 16.1 Å². The van der Waals surface area contributed by atoms with E-state index < -0.39 is 11.7 Å². The minimum absolute atomic E-state index is 0. The van der Waals surface area contributed by atoms with Crippen molar-refractivity contribution >= 4 is 0 Å². The van der Waals surface area contributed by atoms with Crippen LogP contribution < -0.4 is 21.7 Å². The molecule has 0 aliphatic rings. The van der Waals surface area contributed by atoms with Gasteiger partial charge in [0.25, 0.3) is 0 Å². The predicted octanol–water partition coefficient (Wildman–Crippen LogP) is 1.07. The molecule has 3 nitrogen and oxygen atoms in total. The molecule has 0 N–H and O–H groups in total. The van der Waals surface area contributed by atoms with Crippen LogP contribution in [-0.2, 0) is 19.3 Å². The molecule has 0 radical (unpaired) electrons. The maximum absolute atomic E-state index is 12.6. The van der Waals surface area contributed by atoms with Crippen molar-refractivity contribution in [1.82, 2.24) is 4.57 Å². The Bertz CT molecular complexity index is 614. The molecule has 0 fully saturated rings. The van der Waals surface area contributed by atoms with Crippen molar-refractivity contribution in [2.45, 2.75) is 45.5 Å². The quantitative estimate of drug-likeness (QED) is 0.507. The molecule has 0 saturated carbocycles. The summed E-state index contributed by atoms with van der Waals surface area (Å²) in [6, 6.07) is 4.99. The molecule has 0 unspecified atom stereocenters. The molecule has 2 aromatic rings. The van der Waals surface area contributed by atoms with Crippen molar-refractivity contribution in [2.75, 3.05) is 6.61 Å². The van der Waals surface area contributed by atoms with Gasteiger partial charge in [-0.05, 0) is 24.6 Å². The van der Waals surface area contributed by atoms with E-state index in [0.29, 0.717) is 6.61 Å². The monoisotopic (exact) mass is 362 g/mol. The second-order valence-electron chi connectivity index (χ2n) is 5.47. The lowest BCUT2D eigenvalue weighted by molar-refractivity contribution is -0.696. The summed E-state index contributed by atoms with van der Waals surface area (Å²) in [6.07, 6.45) is 4.77. The van der Waals surface area contributed by atoms with Crippen LogP contribution >= 0.6 is 0 Å². The van der Waals surface area contributed by atoms with Crippen molar-refractivity contribution < 1.29 is 34.9 Å². The number of ether oxygens (including phenoxy) is 1. The van der Waals surface area contributed by atoms with Gasteiger partial charge in [-0.1, -0.05) is 19.4 Å². The fourth-order valence-corrected chi connectivity index (χ4v) is 2.24. The van der Waals surface area contributed by atoms with Crippen molar-refractivity contribution in [3.8, 4) is 5.75 Å². The predicted molar refractivity (Wildman–Crippen MR) is 81.1 cm³/mol. The largest absolute Gasteiger partial charge is 1.00 e. The smallest absolute Gasteiger partial charge is 0.416 e. The molecule has 1 aromatic heterocycles. The van der Waals surface area contributed by atoms with E-state index >= 15 is 0 Å². The van der Waals surface area contributed by atoms with Crippen molar-refractivity contribution in [1.29, 1.82) is 0 Å². The van der Waals surface area contributed by atoms with Crippen molar-refractivity contribution in [3.05, 3.63) is 48.5 Å². The minimum atomic E-state index is -4.34. The topological polar surface area (TPSA) is 18.0 Å². The summed E-state index contributed by atoms with van der Waals surface area (Å²) in [6.45, 7) is 4.32. The average molecular weight is 363 g/mol. The van der Waals surface area contributed by atoms with Gasteiger partial charge in [0, 0.05) is 6.42 Å². The summed E-state index contributed by atoms with van der Waals surface area (Å²) >= 11 is 0. The maximum Gasteiger partial charge on any atom is 0.416 e. The summed E-state index contributed by atoms with van der Waals surface area (Å²) in [5.41, 5.74) is -0.683. The van der Waals surface area contributed by atoms with E-state index in [1.54, 1.807) is 6.07 Å². The molecule has 0 atom stereocenters. The Kier molecular flexibility index (Phi) is 8.11. The first-order chi connectivity index (χ1) is 11.0. The normalized spacial score (nSPS) is 11.2. The van der Waals surface area contributed by atoms with Crippen LogP contribution in [0.25, 0.3) is 0 Å². The number of benzene rings is 1. The number of rotatable bonds is 8. The van der Waals surface area contributed by atoms with Crippen LogP contribution in [-0.4, -0.2) is 11.2 Å². The number of alkyl halides is 3. The van der Waals surface area contributed by atoms with Gasteiger partial charge in [0.2, 0.25) is 6.33 Å². The third-order valence-corrected chi connectivity index (χ3v) is 3.51. The van der Waals surface area contributed by atoms with Crippen LogP contribution in [0.5, 0.6) is 5.75 Å². The van der Waals surface area contributed by atoms with E-state index in [4.69, 9.17) is 4.74 Å². The van der Waals surface area contributed by atoms with Crippen LogP contribution in [0.15, 0.2) is 43.0 Å². The highest BCUT2D eigenvalue weighted by molar-refractivity contribution is 5.30. The fraction of sp³-hybridized carbons (Fsp3) is 0.471. The third kappa shape index (κ3) is 6.43. The Morgan fingerprint density at radius 1 is 1.21 bits per heavy atom. The molecule has 2 rings (SSSR count). The standard InChI is InChI=1S/C17H22F3N2O.ClH/c1-2-3-8-21-10-11-22(14-21)9-5-12-23-16-7-4-6-15(13-16)17(18,19)20;/h4,6-7,10-11,13-14H,2-3,5,8-9,12H2,1H3;1H/q+1;/p-1. The summed E-state index contributed by atoms with van der Waals surface area (Å²) < 4.78 is 47.4. The Labute approximate surface area is 146 Å². The van der Waals surface area contributed by atoms with Gasteiger partial charge in [-0.15, -0.1) is 0 Å². The molecule has 0 spiro atoms. The highest BCUT2D eigenvalue weighted by Crippen LogP contribution is 2.31. The molecule has 0 aliphatic heterocycles. The molecule has 0 saturated heterocycles. The Morgan fingerprint density at radius 3 is 2.71 bits per heavy atom. The van der Waals surface area contributed by atoms with Gasteiger partial charge in [0.15, 0.2) is 0 Å².